The van der Waals surface area contributed by atoms with Crippen LogP contribution in [0.4, 0.5) is 0 Å². The van der Waals surface area contributed by atoms with Gasteiger partial charge in [-0.05, 0) is 33.1 Å². The van der Waals surface area contributed by atoms with Crippen LogP contribution in [0.5, 0.6) is 0 Å². The lowest BCUT2D eigenvalue weighted by molar-refractivity contribution is 0.469. The van der Waals surface area contributed by atoms with Crippen LogP contribution < -0.4 is 0 Å². The minimum Gasteiger partial charge on any atom is -0.212 e. The molecule has 0 amide bonds. The van der Waals surface area contributed by atoms with E-state index in [-0.39, 0.29) is 5.75 Å². The van der Waals surface area contributed by atoms with E-state index in [1.807, 2.05) is 35.7 Å². The van der Waals surface area contributed by atoms with Crippen molar-refractivity contribution in [2.24, 2.45) is 0 Å². The van der Waals surface area contributed by atoms with Gasteiger partial charge in [-0.2, -0.15) is 4.31 Å². The predicted octanol–water partition coefficient (Wildman–Crippen LogP) is 4.21. The number of rotatable bonds is 6. The molecule has 0 radical (unpaired) electrons. The van der Waals surface area contributed by atoms with Gasteiger partial charge in [0.25, 0.3) is 0 Å². The lowest BCUT2D eigenvalue weighted by Gasteiger charge is -2.16. The van der Waals surface area contributed by atoms with Crippen molar-refractivity contribution in [3.8, 4) is 0 Å². The molecule has 1 aromatic heterocycles. The van der Waals surface area contributed by atoms with Crippen LogP contribution >= 0.6 is 38.9 Å². The Morgan fingerprint density at radius 2 is 1.86 bits per heavy atom. The summed E-state index contributed by atoms with van der Waals surface area (Å²) in [5.41, 5.74) is 1.75. The highest BCUT2D eigenvalue weighted by Gasteiger charge is 2.19. The van der Waals surface area contributed by atoms with Gasteiger partial charge in [0.1, 0.15) is 0 Å². The van der Waals surface area contributed by atoms with Crippen LogP contribution in [-0.4, -0.2) is 19.8 Å². The zero-order chi connectivity index (χ0) is 15.5. The normalized spacial score (nSPS) is 12.0. The Kier molecular flexibility index (Phi) is 5.85. The molecule has 0 aliphatic rings. The molecule has 21 heavy (non-hydrogen) atoms. The molecule has 0 saturated carbocycles. The summed E-state index contributed by atoms with van der Waals surface area (Å²) in [7, 11) is -1.72. The third-order valence-electron chi connectivity index (χ3n) is 3.00. The Morgan fingerprint density at radius 1 is 1.24 bits per heavy atom. The Bertz CT molecular complexity index is 698. The highest BCUT2D eigenvalue weighted by atomic mass is 79.9. The fourth-order valence-corrected chi connectivity index (χ4v) is 4.73. The fourth-order valence-electron chi connectivity index (χ4n) is 1.80. The monoisotopic (exact) mass is 407 g/mol. The summed E-state index contributed by atoms with van der Waals surface area (Å²) < 4.78 is 27.1. The van der Waals surface area contributed by atoms with Gasteiger partial charge in [0, 0.05) is 34.2 Å². The first-order chi connectivity index (χ1) is 9.90. The molecule has 114 valence electrons. The topological polar surface area (TPSA) is 37.4 Å². The first kappa shape index (κ1) is 17.0. The maximum absolute atomic E-state index is 12.4. The van der Waals surface area contributed by atoms with E-state index in [2.05, 4.69) is 15.9 Å². The molecule has 0 aliphatic heterocycles. The molecular formula is C14H15BrClNO2S2. The molecule has 0 unspecified atom stereocenters. The second-order valence-electron chi connectivity index (χ2n) is 4.69. The van der Waals surface area contributed by atoms with Crippen LogP contribution in [0.25, 0.3) is 0 Å². The number of hydrogen-bond acceptors (Lipinski definition) is 3. The van der Waals surface area contributed by atoms with Crippen molar-refractivity contribution in [1.29, 1.82) is 0 Å². The molecule has 2 aromatic rings. The molecule has 0 spiro atoms. The van der Waals surface area contributed by atoms with E-state index in [0.29, 0.717) is 12.4 Å². The number of nitrogens with zero attached hydrogens (tertiary/aromatic N) is 1. The van der Waals surface area contributed by atoms with Crippen LogP contribution in [0.2, 0.25) is 0 Å². The van der Waals surface area contributed by atoms with E-state index < -0.39 is 10.0 Å². The standard InChI is InChI=1S/C14H15BrClNO2S2/c1-17(8-14-6-13(15)9-20-14)21(18,19)10-12-4-2-11(7-16)3-5-12/h2-6,9H,7-8,10H2,1H3. The molecule has 0 atom stereocenters. The lowest BCUT2D eigenvalue weighted by atomic mass is 10.2. The average Bonchev–Trinajstić information content (AvgIpc) is 2.84. The molecule has 7 heteroatoms. The largest absolute Gasteiger partial charge is 0.218 e. The third-order valence-corrected chi connectivity index (χ3v) is 6.77. The molecule has 0 fully saturated rings. The van der Waals surface area contributed by atoms with Gasteiger partial charge in [0.05, 0.1) is 5.75 Å². The van der Waals surface area contributed by atoms with Gasteiger partial charge in [0.15, 0.2) is 0 Å². The second kappa shape index (κ2) is 7.24. The zero-order valence-corrected chi connectivity index (χ0v) is 15.4. The molecule has 3 nitrogen and oxygen atoms in total. The van der Waals surface area contributed by atoms with Gasteiger partial charge < -0.3 is 0 Å². The summed E-state index contributed by atoms with van der Waals surface area (Å²) >= 11 is 10.6. The Morgan fingerprint density at radius 3 is 2.38 bits per heavy atom. The smallest absolute Gasteiger partial charge is 0.212 e. The number of halogens is 2. The Hall–Kier alpha value is -0.400. The van der Waals surface area contributed by atoms with Crippen molar-refractivity contribution < 1.29 is 8.42 Å². The highest BCUT2D eigenvalue weighted by Crippen LogP contribution is 2.22. The van der Waals surface area contributed by atoms with E-state index in [4.69, 9.17) is 11.6 Å². The van der Waals surface area contributed by atoms with E-state index in [1.54, 1.807) is 7.05 Å². The van der Waals surface area contributed by atoms with Crippen LogP contribution in [0.3, 0.4) is 0 Å². The van der Waals surface area contributed by atoms with Crippen molar-refractivity contribution in [1.82, 2.24) is 4.31 Å². The molecule has 0 bridgehead atoms. The van der Waals surface area contributed by atoms with Crippen molar-refractivity contribution in [2.45, 2.75) is 18.2 Å². The van der Waals surface area contributed by atoms with Gasteiger partial charge in [0.2, 0.25) is 10.0 Å². The number of hydrogen-bond donors (Lipinski definition) is 0. The summed E-state index contributed by atoms with van der Waals surface area (Å²) in [6, 6.07) is 9.27. The number of thiophene rings is 1. The van der Waals surface area contributed by atoms with Crippen molar-refractivity contribution in [2.75, 3.05) is 7.05 Å². The van der Waals surface area contributed by atoms with Gasteiger partial charge in [-0.3, -0.25) is 0 Å². The van der Waals surface area contributed by atoms with Crippen LogP contribution in [-0.2, 0) is 28.2 Å². The second-order valence-corrected chi connectivity index (χ2v) is 8.95. The number of sulfonamides is 1. The summed E-state index contributed by atoms with van der Waals surface area (Å²) in [6.45, 7) is 0.387. The maximum Gasteiger partial charge on any atom is 0.218 e. The maximum atomic E-state index is 12.4. The Balaban J connectivity index is 2.05. The quantitative estimate of drug-likeness (QED) is 0.671. The summed E-state index contributed by atoms with van der Waals surface area (Å²) in [6.07, 6.45) is 0. The minimum absolute atomic E-state index is 0.00138. The van der Waals surface area contributed by atoms with Gasteiger partial charge in [-0.25, -0.2) is 8.42 Å². The number of benzene rings is 1. The van der Waals surface area contributed by atoms with Gasteiger partial charge >= 0.3 is 0 Å². The molecular weight excluding hydrogens is 394 g/mol. The number of alkyl halides is 1. The summed E-state index contributed by atoms with van der Waals surface area (Å²) in [5.74, 6) is 0.429. The molecule has 0 aliphatic carbocycles. The first-order valence-corrected chi connectivity index (χ1v) is 10.0. The highest BCUT2D eigenvalue weighted by molar-refractivity contribution is 9.10. The van der Waals surface area contributed by atoms with Crippen LogP contribution in [0.1, 0.15) is 16.0 Å². The molecule has 1 aromatic carbocycles. The summed E-state index contributed by atoms with van der Waals surface area (Å²) in [5, 5.41) is 1.95. The molecule has 1 heterocycles. The minimum atomic E-state index is -3.33. The van der Waals surface area contributed by atoms with E-state index in [1.165, 1.54) is 15.6 Å². The first-order valence-electron chi connectivity index (χ1n) is 6.21. The molecule has 0 saturated heterocycles. The van der Waals surface area contributed by atoms with Crippen molar-refractivity contribution >= 4 is 48.9 Å². The van der Waals surface area contributed by atoms with Crippen molar-refractivity contribution in [3.05, 3.63) is 56.2 Å². The molecule has 2 rings (SSSR count). The average molecular weight is 409 g/mol. The van der Waals surface area contributed by atoms with Crippen LogP contribution in [0.15, 0.2) is 40.2 Å². The fraction of sp³-hybridized carbons (Fsp3) is 0.286. The Labute approximate surface area is 142 Å². The van der Waals surface area contributed by atoms with Gasteiger partial charge in [-0.1, -0.05) is 24.3 Å². The van der Waals surface area contributed by atoms with Gasteiger partial charge in [-0.15, -0.1) is 22.9 Å². The van der Waals surface area contributed by atoms with E-state index >= 15 is 0 Å². The SMILES string of the molecule is CN(Cc1cc(Br)cs1)S(=O)(=O)Cc1ccc(CCl)cc1. The van der Waals surface area contributed by atoms with E-state index in [0.717, 1.165) is 20.5 Å². The van der Waals surface area contributed by atoms with E-state index in [9.17, 15) is 8.42 Å². The lowest BCUT2D eigenvalue weighted by Crippen LogP contribution is -2.27. The summed E-state index contributed by atoms with van der Waals surface area (Å²) in [4.78, 5) is 1.01. The van der Waals surface area contributed by atoms with Crippen LogP contribution in [0, 0.1) is 0 Å². The third kappa shape index (κ3) is 4.79. The zero-order valence-electron chi connectivity index (χ0n) is 11.4. The predicted molar refractivity (Wildman–Crippen MR) is 92.1 cm³/mol. The molecule has 0 N–H and O–H groups in total. The van der Waals surface area contributed by atoms with Crippen molar-refractivity contribution in [3.63, 3.8) is 0 Å².